The zero-order valence-corrected chi connectivity index (χ0v) is 3.61. The van der Waals surface area contributed by atoms with Crippen molar-refractivity contribution < 1.29 is 32.0 Å². The Hall–Kier alpha value is -0.640. The molecule has 112 valence electrons. The summed E-state index contributed by atoms with van der Waals surface area (Å²) in [7, 11) is 0. The normalized spacial score (nSPS) is 1.07. The van der Waals surface area contributed by atoms with E-state index in [1.807, 2.05) is 0 Å². The molecule has 0 aromatic carbocycles. The quantitative estimate of drug-likeness (QED) is 0.378. The second kappa shape index (κ2) is 4980. The molecule has 0 aliphatic heterocycles. The topological polar surface area (TPSA) is 178 Å². The lowest BCUT2D eigenvalue weighted by atomic mass is 12.0. The van der Waals surface area contributed by atoms with E-state index in [-0.39, 0.29) is 62.9 Å². The second-order valence-electron chi connectivity index (χ2n) is 0. The highest BCUT2D eigenvalue weighted by atomic mass is 17.0. The SMILES string of the molecule is C.C.C.C.C.C.C.O.O.O=O.OO.OO. The van der Waals surface area contributed by atoms with E-state index >= 15 is 0 Å². The van der Waals surface area contributed by atoms with Crippen molar-refractivity contribution in [1.82, 2.24) is 0 Å². The van der Waals surface area contributed by atoms with Crippen LogP contribution in [0.25, 0.3) is 0 Å². The average molecular weight is 248 g/mol. The van der Waals surface area contributed by atoms with E-state index in [1.165, 1.54) is 0 Å². The maximum Gasteiger partial charge on any atom is 0 e. The summed E-state index contributed by atoms with van der Waals surface area (Å²) in [5, 5.41) is 24.0. The Kier molecular flexibility index (Phi) is 153000. The van der Waals surface area contributed by atoms with Gasteiger partial charge in [-0.3, -0.25) is 21.0 Å². The van der Waals surface area contributed by atoms with Gasteiger partial charge in [0.1, 0.15) is 0 Å². The van der Waals surface area contributed by atoms with Crippen molar-refractivity contribution in [3.05, 3.63) is 9.93 Å². The van der Waals surface area contributed by atoms with Crippen LogP contribution in [-0.2, 0) is 0 Å². The molecule has 8 nitrogen and oxygen atoms in total. The molecule has 0 aliphatic carbocycles. The smallest absolute Gasteiger partial charge is 0 e. The lowest BCUT2D eigenvalue weighted by Gasteiger charge is -1.25. The summed E-state index contributed by atoms with van der Waals surface area (Å²) in [5.74, 6) is 0. The molecule has 0 spiro atoms. The van der Waals surface area contributed by atoms with Crippen LogP contribution in [0.1, 0.15) is 52.0 Å². The van der Waals surface area contributed by atoms with Crippen molar-refractivity contribution in [3.8, 4) is 0 Å². The predicted molar refractivity (Wildman–Crippen MR) is 71.6 cm³/mol. The van der Waals surface area contributed by atoms with Gasteiger partial charge in [0.05, 0.1) is 0 Å². The van der Waals surface area contributed by atoms with E-state index in [1.54, 1.807) is 0 Å². The summed E-state index contributed by atoms with van der Waals surface area (Å²) >= 11 is 0. The van der Waals surface area contributed by atoms with Gasteiger partial charge in [0.25, 0.3) is 0 Å². The van der Waals surface area contributed by atoms with Crippen molar-refractivity contribution in [2.24, 2.45) is 0 Å². The van der Waals surface area contributed by atoms with E-state index < -0.39 is 0 Å². The molecule has 8 heteroatoms. The van der Waals surface area contributed by atoms with Crippen LogP contribution in [0.4, 0.5) is 0 Å². The summed E-state index contributed by atoms with van der Waals surface area (Å²) in [6.45, 7) is 0. The molecular formula is C7H36O8. The van der Waals surface area contributed by atoms with E-state index in [0.717, 1.165) is 0 Å². The summed E-state index contributed by atoms with van der Waals surface area (Å²) in [6.07, 6.45) is 0. The Balaban J connectivity index is -0.000000000692. The van der Waals surface area contributed by atoms with E-state index in [4.69, 9.17) is 31.0 Å². The summed E-state index contributed by atoms with van der Waals surface area (Å²) in [6, 6.07) is 0. The van der Waals surface area contributed by atoms with Crippen molar-refractivity contribution in [2.75, 3.05) is 0 Å². The van der Waals surface area contributed by atoms with Gasteiger partial charge in [0.15, 0.2) is 0 Å². The van der Waals surface area contributed by atoms with Gasteiger partial charge < -0.3 is 11.0 Å². The summed E-state index contributed by atoms with van der Waals surface area (Å²) in [5.41, 5.74) is 0. The fourth-order valence-electron chi connectivity index (χ4n) is 0. The van der Waals surface area contributed by atoms with Gasteiger partial charge in [0, 0.05) is 9.93 Å². The molecule has 0 fully saturated rings. The molecule has 0 radical (unpaired) electrons. The number of hydrogen-bond acceptors (Lipinski definition) is 6. The molecule has 8 N–H and O–H groups in total. The van der Waals surface area contributed by atoms with Crippen LogP contribution < -0.4 is 0 Å². The molecule has 0 bridgehead atoms. The number of rotatable bonds is 0. The Morgan fingerprint density at radius 1 is 0.400 bits per heavy atom. The molecule has 0 rings (SSSR count). The minimum absolute atomic E-state index is 0. The molecule has 0 saturated heterocycles. The van der Waals surface area contributed by atoms with Crippen LogP contribution in [0.3, 0.4) is 0 Å². The first-order valence-corrected chi connectivity index (χ1v) is 0.567. The largest absolute Gasteiger partial charge is 0.412 e. The molecule has 0 aromatic heterocycles. The van der Waals surface area contributed by atoms with Crippen LogP contribution in [0.5, 0.6) is 0 Å². The van der Waals surface area contributed by atoms with E-state index in [9.17, 15) is 0 Å². The zero-order chi connectivity index (χ0) is 6.00. The van der Waals surface area contributed by atoms with Gasteiger partial charge >= 0.3 is 0 Å². The van der Waals surface area contributed by atoms with Crippen LogP contribution in [0.15, 0.2) is 0 Å². The third-order valence-electron chi connectivity index (χ3n) is 0. The minimum atomic E-state index is 0. The minimum Gasteiger partial charge on any atom is -0.412 e. The molecule has 0 aliphatic rings. The molecule has 0 amide bonds. The molecule has 0 aromatic rings. The average Bonchev–Trinajstić information content (AvgIpc) is 1.81. The lowest BCUT2D eigenvalue weighted by Crippen LogP contribution is -1.29. The molecule has 0 saturated carbocycles. The highest BCUT2D eigenvalue weighted by Gasteiger charge is 0.748. The standard InChI is InChI=1S/7CH4.2H2O2.O2.2H2O/c;;;;;;;3*1-2;;/h7*1H4;2*1-2H;;2*1H2. The monoisotopic (exact) mass is 248 g/mol. The summed E-state index contributed by atoms with van der Waals surface area (Å²) in [4.78, 5) is 14.0. The third kappa shape index (κ3) is 4210. The van der Waals surface area contributed by atoms with E-state index in [2.05, 4.69) is 0 Å². The maximum atomic E-state index is 7.00. The second-order valence-corrected chi connectivity index (χ2v) is 0. The first kappa shape index (κ1) is 460. The van der Waals surface area contributed by atoms with Gasteiger partial charge in [-0.05, 0) is 0 Å². The Morgan fingerprint density at radius 3 is 0.400 bits per heavy atom. The Morgan fingerprint density at radius 2 is 0.400 bits per heavy atom. The molecule has 0 unspecified atom stereocenters. The van der Waals surface area contributed by atoms with Gasteiger partial charge in [-0.2, -0.15) is 0 Å². The van der Waals surface area contributed by atoms with Gasteiger partial charge in [-0.25, -0.2) is 0 Å². The zero-order valence-electron chi connectivity index (χ0n) is 3.61. The van der Waals surface area contributed by atoms with E-state index in [0.29, 0.717) is 0 Å². The highest BCUT2D eigenvalue weighted by molar-refractivity contribution is 4.07. The maximum absolute atomic E-state index is 7.00. The fraction of sp³-hybridized carbons (Fsp3) is 1.00. The molecule has 0 heterocycles. The van der Waals surface area contributed by atoms with Crippen LogP contribution in [0.2, 0.25) is 0 Å². The molecular weight excluding hydrogens is 212 g/mol. The summed E-state index contributed by atoms with van der Waals surface area (Å²) < 4.78 is 0. The molecule has 0 atom stereocenters. The Bertz CT molecular complexity index is 15.0. The first-order valence-electron chi connectivity index (χ1n) is 0.567. The van der Waals surface area contributed by atoms with Crippen LogP contribution in [-0.4, -0.2) is 32.0 Å². The van der Waals surface area contributed by atoms with Gasteiger partial charge in [-0.15, -0.1) is 0 Å². The van der Waals surface area contributed by atoms with Crippen molar-refractivity contribution in [3.63, 3.8) is 0 Å². The molecule has 15 heavy (non-hydrogen) atoms. The first-order chi connectivity index (χ1) is 3.00. The third-order valence-corrected chi connectivity index (χ3v) is 0. The van der Waals surface area contributed by atoms with Crippen LogP contribution >= 0.6 is 0 Å². The fourth-order valence-corrected chi connectivity index (χ4v) is 0. The van der Waals surface area contributed by atoms with Crippen molar-refractivity contribution in [2.45, 2.75) is 52.0 Å². The van der Waals surface area contributed by atoms with Crippen molar-refractivity contribution >= 4 is 0 Å². The van der Waals surface area contributed by atoms with Gasteiger partial charge in [-0.1, -0.05) is 52.0 Å². The Labute approximate surface area is 94.9 Å². The predicted octanol–water partition coefficient (Wildman–Crippen LogP) is 2.91. The number of hydrogen-bond donors (Lipinski definition) is 4. The van der Waals surface area contributed by atoms with Crippen molar-refractivity contribution in [1.29, 1.82) is 0 Å². The van der Waals surface area contributed by atoms with Gasteiger partial charge in [0.2, 0.25) is 0 Å². The van der Waals surface area contributed by atoms with Crippen LogP contribution in [0, 0.1) is 9.93 Å². The highest BCUT2D eigenvalue weighted by Crippen LogP contribution is 0.741. The lowest BCUT2D eigenvalue weighted by molar-refractivity contribution is -0.176.